The van der Waals surface area contributed by atoms with Crippen LogP contribution in [0.5, 0.6) is 5.75 Å². The number of aryl methyl sites for hydroxylation is 1. The molecule has 0 atom stereocenters. The largest absolute Gasteiger partial charge is 0.494 e. The van der Waals surface area contributed by atoms with Crippen molar-refractivity contribution in [1.29, 1.82) is 0 Å². The highest BCUT2D eigenvalue weighted by Gasteiger charge is 2.14. The number of hydrogen-bond donors (Lipinski definition) is 2. The number of benzene rings is 1. The Morgan fingerprint density at radius 1 is 1.15 bits per heavy atom. The standard InChI is InChI=1S/C19H31NO.C2H2O4/c1-15(2)18-12-17(4)13-19(14-18)21-11-5-8-20-9-6-16(3)7-10-20;3-1(4)2(5)6/h12-16H,5-11H2,1-4H3;(H,3,4)(H,5,6). The summed E-state index contributed by atoms with van der Waals surface area (Å²) in [6.07, 6.45) is 3.84. The van der Waals surface area contributed by atoms with Gasteiger partial charge in [-0.2, -0.15) is 0 Å². The van der Waals surface area contributed by atoms with Gasteiger partial charge < -0.3 is 19.8 Å². The third-order valence-corrected chi connectivity index (χ3v) is 4.69. The van der Waals surface area contributed by atoms with Crippen molar-refractivity contribution in [3.63, 3.8) is 0 Å². The Morgan fingerprint density at radius 3 is 2.26 bits per heavy atom. The summed E-state index contributed by atoms with van der Waals surface area (Å²) in [6.45, 7) is 13.5. The molecule has 1 aromatic carbocycles. The van der Waals surface area contributed by atoms with Gasteiger partial charge in [-0.1, -0.05) is 26.8 Å². The Morgan fingerprint density at radius 2 is 1.74 bits per heavy atom. The molecule has 0 amide bonds. The molecule has 6 heteroatoms. The zero-order chi connectivity index (χ0) is 20.4. The lowest BCUT2D eigenvalue weighted by atomic mass is 9.99. The van der Waals surface area contributed by atoms with Crippen molar-refractivity contribution < 1.29 is 24.5 Å². The Balaban J connectivity index is 0.000000527. The number of nitrogens with zero attached hydrogens (tertiary/aromatic N) is 1. The molecule has 2 rings (SSSR count). The number of hydrogen-bond acceptors (Lipinski definition) is 4. The first-order valence-electron chi connectivity index (χ1n) is 9.62. The Hall–Kier alpha value is -2.08. The van der Waals surface area contributed by atoms with E-state index in [-0.39, 0.29) is 0 Å². The van der Waals surface area contributed by atoms with Crippen molar-refractivity contribution in [2.75, 3.05) is 26.2 Å². The molecule has 27 heavy (non-hydrogen) atoms. The van der Waals surface area contributed by atoms with Crippen LogP contribution in [-0.4, -0.2) is 53.3 Å². The summed E-state index contributed by atoms with van der Waals surface area (Å²) >= 11 is 0. The molecule has 1 aliphatic rings. The molecule has 0 unspecified atom stereocenters. The Kier molecular flexibility index (Phi) is 9.86. The summed E-state index contributed by atoms with van der Waals surface area (Å²) < 4.78 is 5.96. The zero-order valence-electron chi connectivity index (χ0n) is 16.9. The highest BCUT2D eigenvalue weighted by Crippen LogP contribution is 2.23. The van der Waals surface area contributed by atoms with Crippen molar-refractivity contribution in [3.8, 4) is 5.75 Å². The van der Waals surface area contributed by atoms with Crippen molar-refractivity contribution in [3.05, 3.63) is 29.3 Å². The molecule has 1 saturated heterocycles. The van der Waals surface area contributed by atoms with E-state index in [9.17, 15) is 0 Å². The van der Waals surface area contributed by atoms with E-state index in [1.165, 1.54) is 43.6 Å². The first-order valence-corrected chi connectivity index (χ1v) is 9.62. The average Bonchev–Trinajstić information content (AvgIpc) is 2.60. The van der Waals surface area contributed by atoms with Gasteiger partial charge in [0.25, 0.3) is 0 Å². The highest BCUT2D eigenvalue weighted by atomic mass is 16.5. The first kappa shape index (κ1) is 23.0. The molecule has 1 fully saturated rings. The topological polar surface area (TPSA) is 87.1 Å². The number of ether oxygens (including phenoxy) is 1. The maximum atomic E-state index is 9.10. The number of carbonyl (C=O) groups is 2. The van der Waals surface area contributed by atoms with Crippen LogP contribution in [0.2, 0.25) is 0 Å². The monoisotopic (exact) mass is 379 g/mol. The second kappa shape index (κ2) is 11.6. The molecule has 0 radical (unpaired) electrons. The molecule has 1 aromatic rings. The molecule has 152 valence electrons. The molecule has 6 nitrogen and oxygen atoms in total. The minimum Gasteiger partial charge on any atom is -0.494 e. The normalized spacial score (nSPS) is 15.1. The Labute approximate surface area is 162 Å². The lowest BCUT2D eigenvalue weighted by molar-refractivity contribution is -0.159. The van der Waals surface area contributed by atoms with E-state index in [1.54, 1.807) is 0 Å². The molecule has 0 aromatic heterocycles. The molecule has 0 spiro atoms. The van der Waals surface area contributed by atoms with Gasteiger partial charge in [-0.15, -0.1) is 0 Å². The van der Waals surface area contributed by atoms with Crippen LogP contribution < -0.4 is 4.74 Å². The van der Waals surface area contributed by atoms with Crippen LogP contribution in [0.15, 0.2) is 18.2 Å². The van der Waals surface area contributed by atoms with Crippen molar-refractivity contribution in [2.24, 2.45) is 5.92 Å². The zero-order valence-corrected chi connectivity index (χ0v) is 16.9. The van der Waals surface area contributed by atoms with Gasteiger partial charge in [0.1, 0.15) is 5.75 Å². The molecular formula is C21H33NO5. The highest BCUT2D eigenvalue weighted by molar-refractivity contribution is 6.27. The minimum atomic E-state index is -1.82. The van der Waals surface area contributed by atoms with Crippen LogP contribution in [0.4, 0.5) is 0 Å². The van der Waals surface area contributed by atoms with Gasteiger partial charge in [-0.05, 0) is 74.4 Å². The van der Waals surface area contributed by atoms with Crippen molar-refractivity contribution in [1.82, 2.24) is 4.90 Å². The van der Waals surface area contributed by atoms with Crippen molar-refractivity contribution in [2.45, 2.75) is 52.9 Å². The quantitative estimate of drug-likeness (QED) is 0.578. The summed E-state index contributed by atoms with van der Waals surface area (Å²) in [7, 11) is 0. The van der Waals surface area contributed by atoms with E-state index in [4.69, 9.17) is 24.5 Å². The summed E-state index contributed by atoms with van der Waals surface area (Å²) in [5.74, 6) is -1.14. The summed E-state index contributed by atoms with van der Waals surface area (Å²) in [5.41, 5.74) is 2.66. The van der Waals surface area contributed by atoms with E-state index in [0.29, 0.717) is 5.92 Å². The Bertz CT molecular complexity index is 595. The maximum absolute atomic E-state index is 9.10. The number of piperidine rings is 1. The number of aliphatic carboxylic acids is 2. The van der Waals surface area contributed by atoms with Crippen LogP contribution in [0, 0.1) is 12.8 Å². The first-order chi connectivity index (χ1) is 12.7. The molecule has 0 saturated carbocycles. The van der Waals surface area contributed by atoms with Gasteiger partial charge in [0.15, 0.2) is 0 Å². The van der Waals surface area contributed by atoms with Gasteiger partial charge in [0.2, 0.25) is 0 Å². The SMILES string of the molecule is Cc1cc(OCCCN2CCC(C)CC2)cc(C(C)C)c1.O=C(O)C(=O)O. The van der Waals surface area contributed by atoms with Crippen LogP contribution >= 0.6 is 0 Å². The fourth-order valence-corrected chi connectivity index (χ4v) is 2.96. The second-order valence-corrected chi connectivity index (χ2v) is 7.57. The van der Waals surface area contributed by atoms with Gasteiger partial charge in [0.05, 0.1) is 6.61 Å². The maximum Gasteiger partial charge on any atom is 0.414 e. The van der Waals surface area contributed by atoms with Crippen LogP contribution in [0.3, 0.4) is 0 Å². The fraction of sp³-hybridized carbons (Fsp3) is 0.619. The van der Waals surface area contributed by atoms with Gasteiger partial charge in [0, 0.05) is 6.54 Å². The number of rotatable bonds is 6. The molecule has 0 aliphatic carbocycles. The van der Waals surface area contributed by atoms with Crippen LogP contribution in [0.1, 0.15) is 57.1 Å². The predicted octanol–water partition coefficient (Wildman–Crippen LogP) is 3.77. The molecule has 2 N–H and O–H groups in total. The minimum absolute atomic E-state index is 0.558. The van der Waals surface area contributed by atoms with Gasteiger partial charge in [-0.3, -0.25) is 0 Å². The van der Waals surface area contributed by atoms with E-state index >= 15 is 0 Å². The average molecular weight is 379 g/mol. The fourth-order valence-electron chi connectivity index (χ4n) is 2.96. The van der Waals surface area contributed by atoms with Crippen molar-refractivity contribution >= 4 is 11.9 Å². The third-order valence-electron chi connectivity index (χ3n) is 4.69. The summed E-state index contributed by atoms with van der Waals surface area (Å²) in [4.78, 5) is 20.8. The van der Waals surface area contributed by atoms with E-state index in [1.807, 2.05) is 0 Å². The van der Waals surface area contributed by atoms with E-state index in [2.05, 4.69) is 50.8 Å². The van der Waals surface area contributed by atoms with E-state index in [0.717, 1.165) is 24.7 Å². The third kappa shape index (κ3) is 9.43. The number of carboxylic acids is 2. The summed E-state index contributed by atoms with van der Waals surface area (Å²) in [6, 6.07) is 6.60. The van der Waals surface area contributed by atoms with Gasteiger partial charge >= 0.3 is 11.9 Å². The van der Waals surface area contributed by atoms with E-state index < -0.39 is 11.9 Å². The molecule has 1 heterocycles. The predicted molar refractivity (Wildman–Crippen MR) is 105 cm³/mol. The molecule has 1 aliphatic heterocycles. The summed E-state index contributed by atoms with van der Waals surface area (Å²) in [5, 5.41) is 14.8. The van der Waals surface area contributed by atoms with Crippen LogP contribution in [0.25, 0.3) is 0 Å². The lowest BCUT2D eigenvalue weighted by Gasteiger charge is -2.30. The molecule has 0 bridgehead atoms. The number of carboxylic acid groups (broad SMARTS) is 2. The van der Waals surface area contributed by atoms with Crippen LogP contribution in [-0.2, 0) is 9.59 Å². The smallest absolute Gasteiger partial charge is 0.414 e. The lowest BCUT2D eigenvalue weighted by Crippen LogP contribution is -2.34. The number of likely N-dealkylation sites (tertiary alicyclic amines) is 1. The second-order valence-electron chi connectivity index (χ2n) is 7.57. The molecular weight excluding hydrogens is 346 g/mol. The van der Waals surface area contributed by atoms with Gasteiger partial charge in [-0.25, -0.2) is 9.59 Å².